The Bertz CT molecular complexity index is 762. The molecule has 4 nitrogen and oxygen atoms in total. The van der Waals surface area contributed by atoms with E-state index in [4.69, 9.17) is 5.73 Å². The molecule has 1 saturated heterocycles. The van der Waals surface area contributed by atoms with Gasteiger partial charge in [0.15, 0.2) is 0 Å². The second-order valence-electron chi connectivity index (χ2n) is 7.70. The Morgan fingerprint density at radius 1 is 1.27 bits per heavy atom. The van der Waals surface area contributed by atoms with Crippen molar-refractivity contribution in [3.05, 3.63) is 71.3 Å². The number of likely N-dealkylation sites (tertiary alicyclic amines) is 1. The summed E-state index contributed by atoms with van der Waals surface area (Å²) in [5, 5.41) is 10.5. The predicted octanol–water partition coefficient (Wildman–Crippen LogP) is 3.12. The summed E-state index contributed by atoms with van der Waals surface area (Å²) in [6, 6.07) is 17.5. The highest BCUT2D eigenvalue weighted by Gasteiger charge is 2.38. The number of aliphatic hydroxyl groups excluding tert-OH is 1. The largest absolute Gasteiger partial charge is 0.387 e. The molecule has 2 aromatic carbocycles. The second kappa shape index (κ2) is 7.60. The Labute approximate surface area is 155 Å². The lowest BCUT2D eigenvalue weighted by Gasteiger charge is -2.45. The summed E-state index contributed by atoms with van der Waals surface area (Å²) < 4.78 is 0. The number of benzene rings is 2. The van der Waals surface area contributed by atoms with Gasteiger partial charge in [0.2, 0.25) is 5.91 Å². The molecule has 1 amide bonds. The summed E-state index contributed by atoms with van der Waals surface area (Å²) in [4.78, 5) is 13.9. The first-order valence-corrected chi connectivity index (χ1v) is 9.26. The Morgan fingerprint density at radius 3 is 2.65 bits per heavy atom. The van der Waals surface area contributed by atoms with E-state index in [9.17, 15) is 9.90 Å². The van der Waals surface area contributed by atoms with Gasteiger partial charge in [-0.25, -0.2) is 0 Å². The van der Waals surface area contributed by atoms with Gasteiger partial charge in [0.1, 0.15) is 0 Å². The summed E-state index contributed by atoms with van der Waals surface area (Å²) in [6.45, 7) is 7.00. The third-order valence-corrected chi connectivity index (χ3v) is 5.99. The lowest BCUT2D eigenvalue weighted by molar-refractivity contribution is 0.0579. The molecule has 1 fully saturated rings. The van der Waals surface area contributed by atoms with E-state index in [1.165, 1.54) is 5.56 Å². The van der Waals surface area contributed by atoms with Crippen molar-refractivity contribution in [2.45, 2.75) is 31.8 Å². The quantitative estimate of drug-likeness (QED) is 0.869. The van der Waals surface area contributed by atoms with Crippen LogP contribution in [0.5, 0.6) is 0 Å². The maximum absolute atomic E-state index is 11.5. The number of amides is 1. The monoisotopic (exact) mass is 352 g/mol. The van der Waals surface area contributed by atoms with Crippen molar-refractivity contribution in [1.29, 1.82) is 0 Å². The van der Waals surface area contributed by atoms with Gasteiger partial charge in [-0.1, -0.05) is 56.3 Å². The van der Waals surface area contributed by atoms with E-state index < -0.39 is 6.10 Å². The van der Waals surface area contributed by atoms with Gasteiger partial charge in [-0.2, -0.15) is 0 Å². The van der Waals surface area contributed by atoms with E-state index in [1.54, 1.807) is 6.07 Å². The molecule has 4 heteroatoms. The average Bonchev–Trinajstić information content (AvgIpc) is 2.65. The summed E-state index contributed by atoms with van der Waals surface area (Å²) in [5.41, 5.74) is 8.15. The lowest BCUT2D eigenvalue weighted by Crippen LogP contribution is -2.48. The minimum Gasteiger partial charge on any atom is -0.387 e. The Kier molecular flexibility index (Phi) is 5.44. The zero-order valence-corrected chi connectivity index (χ0v) is 15.6. The molecular formula is C22H28N2O2. The van der Waals surface area contributed by atoms with Crippen molar-refractivity contribution in [2.75, 3.05) is 19.6 Å². The lowest BCUT2D eigenvalue weighted by atomic mass is 9.67. The van der Waals surface area contributed by atoms with Gasteiger partial charge in [-0.05, 0) is 47.6 Å². The Balaban J connectivity index is 1.70. The van der Waals surface area contributed by atoms with Crippen molar-refractivity contribution >= 4 is 5.91 Å². The molecule has 138 valence electrons. The molecule has 1 aliphatic rings. The number of piperidine rings is 1. The number of hydrogen-bond acceptors (Lipinski definition) is 3. The van der Waals surface area contributed by atoms with Crippen LogP contribution in [0.4, 0.5) is 0 Å². The number of nitrogens with zero attached hydrogens (tertiary/aromatic N) is 1. The molecule has 3 N–H and O–H groups in total. The Hall–Kier alpha value is -2.17. The number of rotatable bonds is 5. The zero-order chi connectivity index (χ0) is 18.7. The molecule has 3 rings (SSSR count). The van der Waals surface area contributed by atoms with Gasteiger partial charge >= 0.3 is 0 Å². The molecule has 0 aliphatic carbocycles. The van der Waals surface area contributed by atoms with E-state index in [-0.39, 0.29) is 11.3 Å². The van der Waals surface area contributed by atoms with Crippen molar-refractivity contribution in [1.82, 2.24) is 4.90 Å². The third-order valence-electron chi connectivity index (χ3n) is 5.99. The number of nitrogens with two attached hydrogens (primary N) is 1. The van der Waals surface area contributed by atoms with Crippen molar-refractivity contribution in [3.8, 4) is 0 Å². The molecule has 0 saturated carbocycles. The van der Waals surface area contributed by atoms with E-state index in [1.807, 2.05) is 42.5 Å². The van der Waals surface area contributed by atoms with Crippen LogP contribution in [-0.2, 0) is 5.41 Å². The van der Waals surface area contributed by atoms with E-state index in [0.717, 1.165) is 25.1 Å². The van der Waals surface area contributed by atoms with E-state index in [0.29, 0.717) is 18.0 Å². The first kappa shape index (κ1) is 18.6. The molecule has 26 heavy (non-hydrogen) atoms. The fraction of sp³-hybridized carbons (Fsp3) is 0.409. The SMILES string of the molecule is CC1CN(CC(O)c2ccccc2)CCC1(C)c1cccc(C(N)=O)c1. The summed E-state index contributed by atoms with van der Waals surface area (Å²) in [5.74, 6) is 0.0221. The van der Waals surface area contributed by atoms with Crippen LogP contribution in [0.1, 0.15) is 47.9 Å². The first-order chi connectivity index (χ1) is 12.4. The van der Waals surface area contributed by atoms with Gasteiger partial charge in [-0.3, -0.25) is 4.79 Å². The first-order valence-electron chi connectivity index (χ1n) is 9.26. The van der Waals surface area contributed by atoms with Gasteiger partial charge in [-0.15, -0.1) is 0 Å². The second-order valence-corrected chi connectivity index (χ2v) is 7.70. The van der Waals surface area contributed by atoms with Crippen LogP contribution in [0.25, 0.3) is 0 Å². The van der Waals surface area contributed by atoms with Crippen LogP contribution >= 0.6 is 0 Å². The van der Waals surface area contributed by atoms with Gasteiger partial charge in [0.05, 0.1) is 6.10 Å². The molecule has 3 unspecified atom stereocenters. The van der Waals surface area contributed by atoms with Gasteiger partial charge in [0, 0.05) is 18.7 Å². The molecular weight excluding hydrogens is 324 g/mol. The fourth-order valence-corrected chi connectivity index (χ4v) is 3.96. The molecule has 2 aromatic rings. The zero-order valence-electron chi connectivity index (χ0n) is 15.6. The third kappa shape index (κ3) is 3.81. The highest BCUT2D eigenvalue weighted by molar-refractivity contribution is 5.92. The smallest absolute Gasteiger partial charge is 0.248 e. The van der Waals surface area contributed by atoms with Crippen LogP contribution in [0.2, 0.25) is 0 Å². The highest BCUT2D eigenvalue weighted by atomic mass is 16.3. The number of hydrogen-bond donors (Lipinski definition) is 2. The number of aliphatic hydroxyl groups is 1. The normalized spacial score (nSPS) is 25.0. The van der Waals surface area contributed by atoms with Gasteiger partial charge in [0.25, 0.3) is 0 Å². The standard InChI is InChI=1S/C22H28N2O2/c1-16-14-24(15-20(25)17-7-4-3-5-8-17)12-11-22(16,2)19-10-6-9-18(13-19)21(23)26/h3-10,13,16,20,25H,11-12,14-15H2,1-2H3,(H2,23,26). The molecule has 0 bridgehead atoms. The average molecular weight is 352 g/mol. The Morgan fingerprint density at radius 2 is 2.00 bits per heavy atom. The number of carbonyl (C=O) groups excluding carboxylic acids is 1. The molecule has 3 atom stereocenters. The van der Waals surface area contributed by atoms with E-state index >= 15 is 0 Å². The summed E-state index contributed by atoms with van der Waals surface area (Å²) in [6.07, 6.45) is 0.517. The van der Waals surface area contributed by atoms with Crippen LogP contribution in [0, 0.1) is 5.92 Å². The minimum absolute atomic E-state index is 0.000338. The molecule has 1 heterocycles. The van der Waals surface area contributed by atoms with Crippen LogP contribution in [0.3, 0.4) is 0 Å². The van der Waals surface area contributed by atoms with Crippen LogP contribution < -0.4 is 5.73 Å². The highest BCUT2D eigenvalue weighted by Crippen LogP contribution is 2.40. The van der Waals surface area contributed by atoms with Gasteiger partial charge < -0.3 is 15.7 Å². The summed E-state index contributed by atoms with van der Waals surface area (Å²) in [7, 11) is 0. The van der Waals surface area contributed by atoms with Crippen LogP contribution in [0.15, 0.2) is 54.6 Å². The summed E-state index contributed by atoms with van der Waals surface area (Å²) >= 11 is 0. The van der Waals surface area contributed by atoms with E-state index in [2.05, 4.69) is 24.8 Å². The van der Waals surface area contributed by atoms with Crippen molar-refractivity contribution in [3.63, 3.8) is 0 Å². The number of primary amides is 1. The maximum Gasteiger partial charge on any atom is 0.248 e. The fourth-order valence-electron chi connectivity index (χ4n) is 3.96. The molecule has 0 radical (unpaired) electrons. The molecule has 0 aromatic heterocycles. The number of carbonyl (C=O) groups is 1. The van der Waals surface area contributed by atoms with Crippen LogP contribution in [-0.4, -0.2) is 35.5 Å². The van der Waals surface area contributed by atoms with Crippen molar-refractivity contribution in [2.24, 2.45) is 11.7 Å². The molecule has 1 aliphatic heterocycles. The van der Waals surface area contributed by atoms with Crippen molar-refractivity contribution < 1.29 is 9.90 Å². The topological polar surface area (TPSA) is 66.6 Å². The maximum atomic E-state index is 11.5. The number of β-amino-alcohol motifs (C(OH)–C–C–N with tert-alkyl or cyclic N) is 1. The predicted molar refractivity (Wildman–Crippen MR) is 104 cm³/mol. The minimum atomic E-state index is -0.467. The molecule has 0 spiro atoms.